The molecular formula is C11H12N4O. The van der Waals surface area contributed by atoms with Crippen molar-refractivity contribution in [3.05, 3.63) is 24.2 Å². The number of aromatic nitrogens is 3. The van der Waals surface area contributed by atoms with E-state index in [1.54, 1.807) is 12.3 Å². The van der Waals surface area contributed by atoms with Crippen LogP contribution in [0.5, 0.6) is 0 Å². The van der Waals surface area contributed by atoms with Crippen molar-refractivity contribution in [1.29, 1.82) is 0 Å². The lowest BCUT2D eigenvalue weighted by Crippen LogP contribution is -1.89. The highest BCUT2D eigenvalue weighted by Crippen LogP contribution is 2.45. The van der Waals surface area contributed by atoms with Gasteiger partial charge in [-0.2, -0.15) is 4.98 Å². The SMILES string of the molecule is CC1CC1c1noc(-c2ccc(N)nc2)n1. The zero-order valence-electron chi connectivity index (χ0n) is 8.92. The Bertz CT molecular complexity index is 505. The molecule has 5 heteroatoms. The molecule has 0 aromatic carbocycles. The normalized spacial score (nSPS) is 23.3. The maximum absolute atomic E-state index is 5.51. The van der Waals surface area contributed by atoms with Crippen molar-refractivity contribution in [1.82, 2.24) is 15.1 Å². The van der Waals surface area contributed by atoms with E-state index in [9.17, 15) is 0 Å². The molecule has 2 aromatic heterocycles. The van der Waals surface area contributed by atoms with Gasteiger partial charge in [0, 0.05) is 12.1 Å². The van der Waals surface area contributed by atoms with E-state index in [4.69, 9.17) is 10.3 Å². The molecule has 0 spiro atoms. The van der Waals surface area contributed by atoms with Crippen molar-refractivity contribution in [2.45, 2.75) is 19.3 Å². The van der Waals surface area contributed by atoms with Crippen LogP contribution in [0.1, 0.15) is 25.1 Å². The largest absolute Gasteiger partial charge is 0.384 e. The Balaban J connectivity index is 1.89. The van der Waals surface area contributed by atoms with Gasteiger partial charge in [-0.15, -0.1) is 0 Å². The minimum absolute atomic E-state index is 0.472. The Morgan fingerprint density at radius 1 is 1.44 bits per heavy atom. The van der Waals surface area contributed by atoms with Crippen molar-refractivity contribution in [3.8, 4) is 11.5 Å². The molecule has 0 bridgehead atoms. The average Bonchev–Trinajstić information content (AvgIpc) is 2.82. The molecule has 0 saturated heterocycles. The highest BCUT2D eigenvalue weighted by molar-refractivity contribution is 5.53. The fraction of sp³-hybridized carbons (Fsp3) is 0.364. The minimum Gasteiger partial charge on any atom is -0.384 e. The van der Waals surface area contributed by atoms with Gasteiger partial charge in [-0.25, -0.2) is 4.98 Å². The molecular weight excluding hydrogens is 204 g/mol. The zero-order valence-corrected chi connectivity index (χ0v) is 8.92. The molecule has 1 aliphatic carbocycles. The van der Waals surface area contributed by atoms with Crippen LogP contribution in [0.15, 0.2) is 22.9 Å². The number of nitrogens with zero attached hydrogens (tertiary/aromatic N) is 3. The Kier molecular flexibility index (Phi) is 1.92. The molecule has 1 saturated carbocycles. The van der Waals surface area contributed by atoms with Gasteiger partial charge in [-0.3, -0.25) is 0 Å². The van der Waals surface area contributed by atoms with Crippen molar-refractivity contribution in [3.63, 3.8) is 0 Å². The molecule has 0 radical (unpaired) electrons. The van der Waals surface area contributed by atoms with Crippen LogP contribution in [0.4, 0.5) is 5.82 Å². The molecule has 16 heavy (non-hydrogen) atoms. The number of nitrogens with two attached hydrogens (primary N) is 1. The highest BCUT2D eigenvalue weighted by atomic mass is 16.5. The maximum Gasteiger partial charge on any atom is 0.259 e. The summed E-state index contributed by atoms with van der Waals surface area (Å²) < 4.78 is 5.20. The predicted molar refractivity (Wildman–Crippen MR) is 58.5 cm³/mol. The van der Waals surface area contributed by atoms with E-state index in [1.165, 1.54) is 0 Å². The summed E-state index contributed by atoms with van der Waals surface area (Å²) in [5.41, 5.74) is 6.32. The van der Waals surface area contributed by atoms with Gasteiger partial charge in [-0.05, 0) is 24.5 Å². The molecule has 5 nitrogen and oxygen atoms in total. The van der Waals surface area contributed by atoms with E-state index < -0.39 is 0 Å². The molecule has 1 fully saturated rings. The van der Waals surface area contributed by atoms with Crippen LogP contribution in [0, 0.1) is 5.92 Å². The fourth-order valence-corrected chi connectivity index (χ4v) is 1.72. The van der Waals surface area contributed by atoms with E-state index in [0.717, 1.165) is 17.8 Å². The average molecular weight is 216 g/mol. The molecule has 82 valence electrons. The molecule has 1 aliphatic rings. The number of hydrogen-bond donors (Lipinski definition) is 1. The first-order chi connectivity index (χ1) is 7.74. The van der Waals surface area contributed by atoms with E-state index in [2.05, 4.69) is 22.0 Å². The summed E-state index contributed by atoms with van der Waals surface area (Å²) in [6.45, 7) is 2.19. The summed E-state index contributed by atoms with van der Waals surface area (Å²) in [6.07, 6.45) is 2.79. The smallest absolute Gasteiger partial charge is 0.259 e. The summed E-state index contributed by atoms with van der Waals surface area (Å²) in [6, 6.07) is 3.55. The second-order valence-electron chi connectivity index (χ2n) is 4.25. The molecule has 2 heterocycles. The van der Waals surface area contributed by atoms with Gasteiger partial charge >= 0.3 is 0 Å². The summed E-state index contributed by atoms with van der Waals surface area (Å²) in [7, 11) is 0. The van der Waals surface area contributed by atoms with Crippen LogP contribution in [0.3, 0.4) is 0 Å². The quantitative estimate of drug-likeness (QED) is 0.828. The topological polar surface area (TPSA) is 77.8 Å². The van der Waals surface area contributed by atoms with Crippen molar-refractivity contribution < 1.29 is 4.52 Å². The van der Waals surface area contributed by atoms with Gasteiger partial charge < -0.3 is 10.3 Å². The second kappa shape index (κ2) is 3.30. The molecule has 3 rings (SSSR count). The second-order valence-corrected chi connectivity index (χ2v) is 4.25. The van der Waals surface area contributed by atoms with Gasteiger partial charge in [0.05, 0.1) is 5.56 Å². The van der Waals surface area contributed by atoms with Crippen molar-refractivity contribution in [2.75, 3.05) is 5.73 Å². The third-order valence-corrected chi connectivity index (χ3v) is 2.92. The van der Waals surface area contributed by atoms with Crippen molar-refractivity contribution in [2.24, 2.45) is 5.92 Å². The molecule has 2 unspecified atom stereocenters. The van der Waals surface area contributed by atoms with Gasteiger partial charge in [0.2, 0.25) is 0 Å². The Hall–Kier alpha value is -1.91. The Morgan fingerprint density at radius 2 is 2.25 bits per heavy atom. The first-order valence-electron chi connectivity index (χ1n) is 5.29. The van der Waals surface area contributed by atoms with Crippen LogP contribution in [0.25, 0.3) is 11.5 Å². The number of rotatable bonds is 2. The first-order valence-corrected chi connectivity index (χ1v) is 5.29. The molecule has 2 N–H and O–H groups in total. The number of pyridine rings is 1. The monoisotopic (exact) mass is 216 g/mol. The molecule has 2 atom stereocenters. The zero-order chi connectivity index (χ0) is 11.1. The van der Waals surface area contributed by atoms with Gasteiger partial charge in [-0.1, -0.05) is 12.1 Å². The molecule has 0 aliphatic heterocycles. The lowest BCUT2D eigenvalue weighted by Gasteiger charge is -1.93. The third kappa shape index (κ3) is 1.54. The standard InChI is InChI=1S/C11H12N4O/c1-6-4-8(6)10-14-11(16-15-10)7-2-3-9(12)13-5-7/h2-3,5-6,8H,4H2,1H3,(H2,12,13). The summed E-state index contributed by atoms with van der Waals surface area (Å²) in [4.78, 5) is 8.35. The van der Waals surface area contributed by atoms with Crippen LogP contribution >= 0.6 is 0 Å². The van der Waals surface area contributed by atoms with E-state index in [1.807, 2.05) is 6.07 Å². The highest BCUT2D eigenvalue weighted by Gasteiger charge is 2.38. The Labute approximate surface area is 92.7 Å². The molecule has 2 aromatic rings. The van der Waals surface area contributed by atoms with E-state index in [-0.39, 0.29) is 0 Å². The summed E-state index contributed by atoms with van der Waals surface area (Å²) in [5.74, 6) is 2.95. The number of hydrogen-bond acceptors (Lipinski definition) is 5. The molecule has 0 amide bonds. The van der Waals surface area contributed by atoms with Gasteiger partial charge in [0.1, 0.15) is 5.82 Å². The minimum atomic E-state index is 0.472. The van der Waals surface area contributed by atoms with Crippen molar-refractivity contribution >= 4 is 5.82 Å². The number of anilines is 1. The lowest BCUT2D eigenvalue weighted by molar-refractivity contribution is 0.422. The van der Waals surface area contributed by atoms with Gasteiger partial charge in [0.25, 0.3) is 5.89 Å². The van der Waals surface area contributed by atoms with Crippen LogP contribution in [-0.2, 0) is 0 Å². The van der Waals surface area contributed by atoms with Crippen LogP contribution in [-0.4, -0.2) is 15.1 Å². The van der Waals surface area contributed by atoms with Crippen LogP contribution < -0.4 is 5.73 Å². The summed E-state index contributed by atoms with van der Waals surface area (Å²) >= 11 is 0. The third-order valence-electron chi connectivity index (χ3n) is 2.92. The fourth-order valence-electron chi connectivity index (χ4n) is 1.72. The van der Waals surface area contributed by atoms with E-state index in [0.29, 0.717) is 23.5 Å². The Morgan fingerprint density at radius 3 is 2.88 bits per heavy atom. The number of nitrogen functional groups attached to an aromatic ring is 1. The lowest BCUT2D eigenvalue weighted by atomic mass is 10.3. The predicted octanol–water partition coefficient (Wildman–Crippen LogP) is 1.84. The summed E-state index contributed by atoms with van der Waals surface area (Å²) in [5, 5.41) is 3.98. The maximum atomic E-state index is 5.51. The van der Waals surface area contributed by atoms with Gasteiger partial charge in [0.15, 0.2) is 5.82 Å². The van der Waals surface area contributed by atoms with E-state index >= 15 is 0 Å². The van der Waals surface area contributed by atoms with Crippen LogP contribution in [0.2, 0.25) is 0 Å². The first kappa shape index (κ1) is 9.33.